The van der Waals surface area contributed by atoms with Crippen LogP contribution in [-0.4, -0.2) is 45.3 Å². The molecule has 0 radical (unpaired) electrons. The van der Waals surface area contributed by atoms with E-state index in [1.807, 2.05) is 17.8 Å². The van der Waals surface area contributed by atoms with E-state index < -0.39 is 0 Å². The lowest BCUT2D eigenvalue weighted by Crippen LogP contribution is -2.22. The van der Waals surface area contributed by atoms with E-state index in [-0.39, 0.29) is 0 Å². The molecule has 2 rings (SSSR count). The zero-order valence-corrected chi connectivity index (χ0v) is 13.5. The second-order valence-corrected chi connectivity index (χ2v) is 6.04. The quantitative estimate of drug-likeness (QED) is 0.531. The molecule has 0 amide bonds. The third-order valence-corrected chi connectivity index (χ3v) is 4.12. The molecule has 1 heterocycles. The summed E-state index contributed by atoms with van der Waals surface area (Å²) >= 11 is 1.83. The van der Waals surface area contributed by atoms with E-state index in [9.17, 15) is 0 Å². The maximum absolute atomic E-state index is 5.59. The van der Waals surface area contributed by atoms with E-state index in [0.29, 0.717) is 13.2 Å². The van der Waals surface area contributed by atoms with Crippen LogP contribution in [0.2, 0.25) is 0 Å². The summed E-state index contributed by atoms with van der Waals surface area (Å²) in [5.41, 5.74) is 0. The molecule has 0 unspecified atom stereocenters. The van der Waals surface area contributed by atoms with Crippen molar-refractivity contribution in [3.05, 3.63) is 18.2 Å². The van der Waals surface area contributed by atoms with Crippen molar-refractivity contribution in [3.63, 3.8) is 0 Å². The van der Waals surface area contributed by atoms with Gasteiger partial charge in [-0.25, -0.2) is 0 Å². The fraction of sp³-hybridized carbons (Fsp3) is 0.625. The number of benzene rings is 1. The molecule has 0 spiro atoms. The van der Waals surface area contributed by atoms with Gasteiger partial charge < -0.3 is 19.5 Å². The van der Waals surface area contributed by atoms with Crippen molar-refractivity contribution in [1.82, 2.24) is 5.32 Å². The maximum Gasteiger partial charge on any atom is 0.162 e. The fourth-order valence-electron chi connectivity index (χ4n) is 1.97. The molecule has 1 aliphatic rings. The fourth-order valence-corrected chi connectivity index (χ4v) is 2.81. The number of rotatable bonds is 10. The molecular formula is C16H25NO3S. The summed E-state index contributed by atoms with van der Waals surface area (Å²) in [7, 11) is 0. The molecule has 0 fully saturated rings. The van der Waals surface area contributed by atoms with E-state index in [1.165, 1.54) is 11.3 Å². The number of hydrogen-bond donors (Lipinski definition) is 1. The molecule has 1 aliphatic heterocycles. The minimum atomic E-state index is 0.640. The third kappa shape index (κ3) is 6.16. The highest BCUT2D eigenvalue weighted by molar-refractivity contribution is 7.99. The van der Waals surface area contributed by atoms with Gasteiger partial charge in [-0.3, -0.25) is 0 Å². The molecule has 4 nitrogen and oxygen atoms in total. The zero-order chi connectivity index (χ0) is 14.8. The third-order valence-electron chi connectivity index (χ3n) is 3.13. The van der Waals surface area contributed by atoms with Crippen LogP contribution in [-0.2, 0) is 4.74 Å². The summed E-state index contributed by atoms with van der Waals surface area (Å²) in [4.78, 5) is 1.22. The monoisotopic (exact) mass is 311 g/mol. The second-order valence-electron chi connectivity index (χ2n) is 4.87. The number of nitrogens with one attached hydrogen (secondary N) is 1. The molecule has 0 saturated carbocycles. The van der Waals surface area contributed by atoms with Crippen LogP contribution in [0.5, 0.6) is 11.5 Å². The summed E-state index contributed by atoms with van der Waals surface area (Å²) in [6.07, 6.45) is 2.35. The van der Waals surface area contributed by atoms with E-state index in [0.717, 1.165) is 50.0 Å². The van der Waals surface area contributed by atoms with Crippen LogP contribution in [0.25, 0.3) is 0 Å². The lowest BCUT2D eigenvalue weighted by molar-refractivity contribution is 0.133. The summed E-state index contributed by atoms with van der Waals surface area (Å²) < 4.78 is 16.6. The zero-order valence-electron chi connectivity index (χ0n) is 12.7. The topological polar surface area (TPSA) is 39.7 Å². The average Bonchev–Trinajstić information content (AvgIpc) is 2.53. The molecule has 118 valence electrons. The predicted octanol–water partition coefficient (Wildman–Crippen LogP) is 2.96. The Morgan fingerprint density at radius 1 is 1.14 bits per heavy atom. The Kier molecular flexibility index (Phi) is 7.78. The molecule has 1 N–H and O–H groups in total. The van der Waals surface area contributed by atoms with Crippen molar-refractivity contribution < 1.29 is 14.2 Å². The number of thioether (sulfide) groups is 1. The first-order chi connectivity index (χ1) is 10.4. The number of unbranched alkanes of at least 4 members (excludes halogenated alkanes) is 1. The Hall–Kier alpha value is -0.910. The number of ether oxygens (including phenoxy) is 3. The predicted molar refractivity (Wildman–Crippen MR) is 86.8 cm³/mol. The number of hydrogen-bond acceptors (Lipinski definition) is 5. The highest BCUT2D eigenvalue weighted by Gasteiger charge is 2.11. The maximum atomic E-state index is 5.59. The molecule has 1 aromatic rings. The van der Waals surface area contributed by atoms with Gasteiger partial charge in [-0.15, -0.1) is 11.8 Å². The second kappa shape index (κ2) is 9.92. The minimum Gasteiger partial charge on any atom is -0.486 e. The van der Waals surface area contributed by atoms with Crippen LogP contribution in [0.15, 0.2) is 23.1 Å². The van der Waals surface area contributed by atoms with Crippen LogP contribution in [0.4, 0.5) is 0 Å². The van der Waals surface area contributed by atoms with Gasteiger partial charge in [-0.2, -0.15) is 0 Å². The van der Waals surface area contributed by atoms with Crippen molar-refractivity contribution in [3.8, 4) is 11.5 Å². The Balaban J connectivity index is 1.54. The van der Waals surface area contributed by atoms with Crippen molar-refractivity contribution in [2.24, 2.45) is 0 Å². The average molecular weight is 311 g/mol. The van der Waals surface area contributed by atoms with Crippen LogP contribution in [0, 0.1) is 0 Å². The molecular weight excluding hydrogens is 286 g/mol. The largest absolute Gasteiger partial charge is 0.486 e. The van der Waals surface area contributed by atoms with Crippen LogP contribution < -0.4 is 14.8 Å². The summed E-state index contributed by atoms with van der Waals surface area (Å²) in [5, 5.41) is 3.39. The first-order valence-electron chi connectivity index (χ1n) is 7.71. The van der Waals surface area contributed by atoms with Gasteiger partial charge in [0.25, 0.3) is 0 Å². The Morgan fingerprint density at radius 3 is 2.86 bits per heavy atom. The lowest BCUT2D eigenvalue weighted by Gasteiger charge is -2.18. The van der Waals surface area contributed by atoms with Gasteiger partial charge in [0.1, 0.15) is 13.2 Å². The van der Waals surface area contributed by atoms with Crippen LogP contribution in [0.3, 0.4) is 0 Å². The van der Waals surface area contributed by atoms with Gasteiger partial charge >= 0.3 is 0 Å². The van der Waals surface area contributed by atoms with Crippen molar-refractivity contribution >= 4 is 11.8 Å². The van der Waals surface area contributed by atoms with Gasteiger partial charge in [0.05, 0.1) is 6.61 Å². The van der Waals surface area contributed by atoms with Crippen LogP contribution in [0.1, 0.15) is 19.8 Å². The summed E-state index contributed by atoms with van der Waals surface area (Å²) in [6.45, 7) is 7.04. The Bertz CT molecular complexity index is 415. The Labute approximate surface area is 131 Å². The van der Waals surface area contributed by atoms with Crippen molar-refractivity contribution in [2.45, 2.75) is 24.7 Å². The molecule has 5 heteroatoms. The number of fused-ring (bicyclic) bond motifs is 1. The molecule has 0 atom stereocenters. The van der Waals surface area contributed by atoms with E-state index in [2.05, 4.69) is 24.4 Å². The van der Waals surface area contributed by atoms with E-state index in [1.54, 1.807) is 0 Å². The van der Waals surface area contributed by atoms with Gasteiger partial charge in [-0.1, -0.05) is 13.3 Å². The first kappa shape index (κ1) is 16.5. The molecule has 0 saturated heterocycles. The van der Waals surface area contributed by atoms with Gasteiger partial charge in [-0.05, 0) is 24.6 Å². The van der Waals surface area contributed by atoms with Crippen molar-refractivity contribution in [2.75, 3.05) is 45.3 Å². The van der Waals surface area contributed by atoms with Gasteiger partial charge in [0.2, 0.25) is 0 Å². The normalized spacial score (nSPS) is 13.4. The van der Waals surface area contributed by atoms with Crippen LogP contribution >= 0.6 is 11.8 Å². The standard InChI is InChI=1S/C16H25NO3S/c1-2-3-8-18-9-6-17-7-12-21-14-4-5-15-16(13-14)20-11-10-19-15/h4-5,13,17H,2-3,6-12H2,1H3. The summed E-state index contributed by atoms with van der Waals surface area (Å²) in [6, 6.07) is 6.14. The molecule has 21 heavy (non-hydrogen) atoms. The Morgan fingerprint density at radius 2 is 2.00 bits per heavy atom. The smallest absolute Gasteiger partial charge is 0.162 e. The van der Waals surface area contributed by atoms with Gasteiger partial charge in [0, 0.05) is 30.3 Å². The summed E-state index contributed by atoms with van der Waals surface area (Å²) in [5.74, 6) is 2.76. The van der Waals surface area contributed by atoms with E-state index in [4.69, 9.17) is 14.2 Å². The lowest BCUT2D eigenvalue weighted by atomic mass is 10.3. The molecule has 0 bridgehead atoms. The first-order valence-corrected chi connectivity index (χ1v) is 8.69. The highest BCUT2D eigenvalue weighted by Crippen LogP contribution is 2.33. The highest BCUT2D eigenvalue weighted by atomic mass is 32.2. The SMILES string of the molecule is CCCCOCCNCCSc1ccc2c(c1)OCCO2. The van der Waals surface area contributed by atoms with E-state index >= 15 is 0 Å². The van der Waals surface area contributed by atoms with Crippen molar-refractivity contribution in [1.29, 1.82) is 0 Å². The molecule has 0 aliphatic carbocycles. The van der Waals surface area contributed by atoms with Gasteiger partial charge in [0.15, 0.2) is 11.5 Å². The minimum absolute atomic E-state index is 0.640. The molecule has 0 aromatic heterocycles. The molecule has 1 aromatic carbocycles.